The van der Waals surface area contributed by atoms with Crippen LogP contribution in [0.15, 0.2) is 40.8 Å². The maximum atomic E-state index is 12.7. The third-order valence-electron chi connectivity index (χ3n) is 4.24. The van der Waals surface area contributed by atoms with Crippen LogP contribution >= 0.6 is 23.1 Å². The Kier molecular flexibility index (Phi) is 5.91. The van der Waals surface area contributed by atoms with E-state index in [1.807, 2.05) is 20.8 Å². The summed E-state index contributed by atoms with van der Waals surface area (Å²) in [5.74, 6) is 0.0922. The van der Waals surface area contributed by atoms with E-state index in [0.29, 0.717) is 21.3 Å². The molecule has 0 saturated carbocycles. The SMILES string of the molecule is CC(C)(C)C(=O)/C=C1/SCC(=O)N1Cc1csc(-c2ccc(C(F)(F)F)cc2)n1. The summed E-state index contributed by atoms with van der Waals surface area (Å²) in [5, 5.41) is 2.94. The first-order valence-electron chi connectivity index (χ1n) is 8.76. The molecule has 1 aliphatic heterocycles. The predicted octanol–water partition coefficient (Wildman–Crippen LogP) is 5.36. The second kappa shape index (κ2) is 7.95. The molecule has 2 heterocycles. The molecular formula is C20H19F3N2O2S2. The zero-order valence-electron chi connectivity index (χ0n) is 16.0. The Morgan fingerprint density at radius 1 is 1.21 bits per heavy atom. The minimum atomic E-state index is -4.38. The van der Waals surface area contributed by atoms with Crippen molar-refractivity contribution in [1.29, 1.82) is 0 Å². The van der Waals surface area contributed by atoms with Crippen LogP contribution in [0.4, 0.5) is 13.2 Å². The van der Waals surface area contributed by atoms with Gasteiger partial charge in [-0.05, 0) is 12.1 Å². The topological polar surface area (TPSA) is 50.3 Å². The molecular weight excluding hydrogens is 421 g/mol. The molecule has 0 spiro atoms. The van der Waals surface area contributed by atoms with Crippen molar-refractivity contribution in [3.63, 3.8) is 0 Å². The molecule has 1 aliphatic rings. The summed E-state index contributed by atoms with van der Waals surface area (Å²) in [4.78, 5) is 30.5. The van der Waals surface area contributed by atoms with Crippen LogP contribution in [0.25, 0.3) is 10.6 Å². The van der Waals surface area contributed by atoms with E-state index in [0.717, 1.165) is 12.1 Å². The van der Waals surface area contributed by atoms with Crippen molar-refractivity contribution in [1.82, 2.24) is 9.88 Å². The van der Waals surface area contributed by atoms with Crippen LogP contribution in [0.2, 0.25) is 0 Å². The smallest absolute Gasteiger partial charge is 0.300 e. The summed E-state index contributed by atoms with van der Waals surface area (Å²) >= 11 is 2.61. The molecule has 0 bridgehead atoms. The average Bonchev–Trinajstić information content (AvgIpc) is 3.22. The Hall–Kier alpha value is -2.13. The van der Waals surface area contributed by atoms with Gasteiger partial charge in [-0.2, -0.15) is 13.2 Å². The van der Waals surface area contributed by atoms with E-state index in [1.54, 1.807) is 5.38 Å². The van der Waals surface area contributed by atoms with Gasteiger partial charge in [0.1, 0.15) is 5.01 Å². The molecule has 3 rings (SSSR count). The lowest BCUT2D eigenvalue weighted by atomic mass is 9.91. The summed E-state index contributed by atoms with van der Waals surface area (Å²) in [6, 6.07) is 4.82. The molecule has 1 aromatic carbocycles. The molecule has 4 nitrogen and oxygen atoms in total. The number of halogens is 3. The van der Waals surface area contributed by atoms with Gasteiger partial charge in [0.15, 0.2) is 5.78 Å². The lowest BCUT2D eigenvalue weighted by Crippen LogP contribution is -2.26. The van der Waals surface area contributed by atoms with Crippen LogP contribution in [0.5, 0.6) is 0 Å². The lowest BCUT2D eigenvalue weighted by molar-refractivity contribution is -0.137. The third-order valence-corrected chi connectivity index (χ3v) is 6.20. The number of hydrogen-bond acceptors (Lipinski definition) is 5. The highest BCUT2D eigenvalue weighted by Gasteiger charge is 2.31. The zero-order valence-corrected chi connectivity index (χ0v) is 17.7. The summed E-state index contributed by atoms with van der Waals surface area (Å²) in [5.41, 5.74) is -0.0535. The molecule has 1 saturated heterocycles. The second-order valence-corrected chi connectivity index (χ2v) is 9.44. The van der Waals surface area contributed by atoms with Crippen LogP contribution in [-0.2, 0) is 22.3 Å². The van der Waals surface area contributed by atoms with Crippen molar-refractivity contribution in [3.05, 3.63) is 52.0 Å². The first-order chi connectivity index (χ1) is 13.4. The standard InChI is InChI=1S/C20H19F3N2O2S2/c1-19(2,3)15(26)8-17-25(16(27)11-28-17)9-14-10-29-18(24-14)12-4-6-13(7-5-12)20(21,22)23/h4-8,10H,9,11H2,1-3H3/b17-8+. The number of benzene rings is 1. The minimum absolute atomic E-state index is 0.0663. The quantitative estimate of drug-likeness (QED) is 0.601. The van der Waals surface area contributed by atoms with Gasteiger partial charge in [-0.3, -0.25) is 14.5 Å². The molecule has 1 fully saturated rings. The Morgan fingerprint density at radius 3 is 2.45 bits per heavy atom. The molecule has 1 amide bonds. The fraction of sp³-hybridized carbons (Fsp3) is 0.350. The molecule has 29 heavy (non-hydrogen) atoms. The van der Waals surface area contributed by atoms with Crippen LogP contribution in [0.1, 0.15) is 32.0 Å². The molecule has 154 valence electrons. The monoisotopic (exact) mass is 440 g/mol. The summed E-state index contributed by atoms with van der Waals surface area (Å²) in [7, 11) is 0. The number of aromatic nitrogens is 1. The van der Waals surface area contributed by atoms with E-state index < -0.39 is 17.2 Å². The molecule has 0 radical (unpaired) electrons. The number of thioether (sulfide) groups is 1. The minimum Gasteiger partial charge on any atom is -0.300 e. The van der Waals surface area contributed by atoms with E-state index in [-0.39, 0.29) is 24.0 Å². The highest BCUT2D eigenvalue weighted by molar-refractivity contribution is 8.04. The largest absolute Gasteiger partial charge is 0.416 e. The number of nitrogens with zero attached hydrogens (tertiary/aromatic N) is 2. The van der Waals surface area contributed by atoms with Gasteiger partial charge in [0.25, 0.3) is 0 Å². The van der Waals surface area contributed by atoms with Gasteiger partial charge in [-0.15, -0.1) is 11.3 Å². The van der Waals surface area contributed by atoms with E-state index >= 15 is 0 Å². The Bertz CT molecular complexity index is 957. The van der Waals surface area contributed by atoms with E-state index in [4.69, 9.17) is 0 Å². The van der Waals surface area contributed by atoms with Crippen molar-refractivity contribution >= 4 is 34.8 Å². The van der Waals surface area contributed by atoms with Crippen molar-refractivity contribution in [3.8, 4) is 10.6 Å². The number of rotatable bonds is 4. The molecule has 9 heteroatoms. The van der Waals surface area contributed by atoms with Gasteiger partial charge in [-0.1, -0.05) is 44.7 Å². The summed E-state index contributed by atoms with van der Waals surface area (Å²) in [6.07, 6.45) is -2.88. The Labute approximate surface area is 174 Å². The van der Waals surface area contributed by atoms with Crippen molar-refractivity contribution in [2.75, 3.05) is 5.75 Å². The number of alkyl halides is 3. The number of ketones is 1. The predicted molar refractivity (Wildman–Crippen MR) is 108 cm³/mol. The first kappa shape index (κ1) is 21.6. The van der Waals surface area contributed by atoms with Crippen LogP contribution in [0, 0.1) is 5.41 Å². The van der Waals surface area contributed by atoms with E-state index in [2.05, 4.69) is 4.98 Å². The molecule has 2 aromatic rings. The number of allylic oxidation sites excluding steroid dienone is 1. The van der Waals surface area contributed by atoms with Gasteiger partial charge in [0.2, 0.25) is 5.91 Å². The van der Waals surface area contributed by atoms with Gasteiger partial charge < -0.3 is 0 Å². The maximum absolute atomic E-state index is 12.7. The van der Waals surface area contributed by atoms with Crippen LogP contribution < -0.4 is 0 Å². The second-order valence-electron chi connectivity index (χ2n) is 7.58. The summed E-state index contributed by atoms with van der Waals surface area (Å²) in [6.45, 7) is 5.66. The molecule has 0 N–H and O–H groups in total. The first-order valence-corrected chi connectivity index (χ1v) is 10.6. The van der Waals surface area contributed by atoms with Gasteiger partial charge in [-0.25, -0.2) is 4.98 Å². The number of carbonyl (C=O) groups excluding carboxylic acids is 2. The van der Waals surface area contributed by atoms with Gasteiger partial charge >= 0.3 is 6.18 Å². The number of carbonyl (C=O) groups is 2. The average molecular weight is 441 g/mol. The zero-order chi connectivity index (χ0) is 21.4. The highest BCUT2D eigenvalue weighted by atomic mass is 32.2. The molecule has 0 aliphatic carbocycles. The van der Waals surface area contributed by atoms with E-state index in [1.165, 1.54) is 46.2 Å². The van der Waals surface area contributed by atoms with Crippen molar-refractivity contribution in [2.24, 2.45) is 5.41 Å². The Balaban J connectivity index is 1.77. The normalized spacial score (nSPS) is 16.7. The Morgan fingerprint density at radius 2 is 1.86 bits per heavy atom. The molecule has 1 aromatic heterocycles. The van der Waals surface area contributed by atoms with Gasteiger partial charge in [0, 0.05) is 22.4 Å². The highest BCUT2D eigenvalue weighted by Crippen LogP contribution is 2.34. The van der Waals surface area contributed by atoms with Crippen LogP contribution in [-0.4, -0.2) is 27.3 Å². The third kappa shape index (κ3) is 5.08. The lowest BCUT2D eigenvalue weighted by Gasteiger charge is -2.18. The van der Waals surface area contributed by atoms with Gasteiger partial charge in [0.05, 0.1) is 28.6 Å². The van der Waals surface area contributed by atoms with Crippen LogP contribution in [0.3, 0.4) is 0 Å². The number of thiazole rings is 1. The molecule has 0 atom stereocenters. The fourth-order valence-corrected chi connectivity index (χ4v) is 4.26. The summed E-state index contributed by atoms with van der Waals surface area (Å²) < 4.78 is 38.1. The maximum Gasteiger partial charge on any atom is 0.416 e. The molecule has 0 unspecified atom stereocenters. The fourth-order valence-electron chi connectivity index (χ4n) is 2.50. The number of amides is 1. The van der Waals surface area contributed by atoms with Crippen molar-refractivity contribution in [2.45, 2.75) is 33.5 Å². The number of hydrogen-bond donors (Lipinski definition) is 0. The van der Waals surface area contributed by atoms with E-state index in [9.17, 15) is 22.8 Å². The van der Waals surface area contributed by atoms with Crippen molar-refractivity contribution < 1.29 is 22.8 Å².